The fraction of sp³-hybridized carbons (Fsp3) is 0.217. The summed E-state index contributed by atoms with van der Waals surface area (Å²) in [4.78, 5) is 13.0. The number of methoxy groups -OCH3 is 1. The van der Waals surface area contributed by atoms with Gasteiger partial charge in [0, 0.05) is 6.42 Å². The molecule has 1 N–H and O–H groups in total. The molecule has 1 amide bonds. The highest BCUT2D eigenvalue weighted by molar-refractivity contribution is 6.03. The van der Waals surface area contributed by atoms with Crippen LogP contribution in [-0.2, 0) is 4.79 Å². The van der Waals surface area contributed by atoms with Crippen molar-refractivity contribution in [3.8, 4) is 5.75 Å². The van der Waals surface area contributed by atoms with Crippen LogP contribution >= 0.6 is 0 Å². The number of hydrazone groups is 1. The Morgan fingerprint density at radius 3 is 2.69 bits per heavy atom. The Hall–Kier alpha value is -3.54. The van der Waals surface area contributed by atoms with Crippen LogP contribution in [0.1, 0.15) is 29.3 Å². The van der Waals surface area contributed by atoms with Crippen LogP contribution in [0.25, 0.3) is 0 Å². The third kappa shape index (κ3) is 4.01. The van der Waals surface area contributed by atoms with E-state index in [2.05, 4.69) is 10.4 Å². The number of nitrogens with zero attached hydrogens (tertiary/aromatic N) is 2. The molecule has 4 rings (SSSR count). The summed E-state index contributed by atoms with van der Waals surface area (Å²) in [5.41, 5.74) is 3.83. The number of anilines is 1. The summed E-state index contributed by atoms with van der Waals surface area (Å²) < 4.78 is 10.9. The number of hydrogen-bond acceptors (Lipinski definition) is 5. The summed E-state index contributed by atoms with van der Waals surface area (Å²) in [5, 5.41) is 9.33. The maximum Gasteiger partial charge on any atom is 0.262 e. The van der Waals surface area contributed by atoms with E-state index >= 15 is 0 Å². The second kappa shape index (κ2) is 8.22. The summed E-state index contributed by atoms with van der Waals surface area (Å²) in [5.74, 6) is 1.27. The lowest BCUT2D eigenvalue weighted by atomic mass is 10.0. The number of carbonyl (C=O) groups is 1. The molecule has 0 saturated carbocycles. The smallest absolute Gasteiger partial charge is 0.262 e. The van der Waals surface area contributed by atoms with Crippen LogP contribution in [-0.4, -0.2) is 30.3 Å². The van der Waals surface area contributed by atoms with E-state index in [1.807, 2.05) is 67.6 Å². The van der Waals surface area contributed by atoms with Gasteiger partial charge in [0.15, 0.2) is 0 Å². The number of benzene rings is 2. The largest absolute Gasteiger partial charge is 0.495 e. The van der Waals surface area contributed by atoms with Crippen molar-refractivity contribution in [3.05, 3.63) is 83.8 Å². The Kier molecular flexibility index (Phi) is 5.33. The minimum Gasteiger partial charge on any atom is -0.495 e. The molecule has 148 valence electrons. The van der Waals surface area contributed by atoms with Crippen LogP contribution in [0.5, 0.6) is 5.75 Å². The second-order valence-electron chi connectivity index (χ2n) is 6.94. The van der Waals surface area contributed by atoms with Gasteiger partial charge in [0.25, 0.3) is 5.91 Å². The average molecular weight is 389 g/mol. The van der Waals surface area contributed by atoms with Crippen molar-refractivity contribution < 1.29 is 13.9 Å². The van der Waals surface area contributed by atoms with Crippen molar-refractivity contribution in [2.45, 2.75) is 19.4 Å². The second-order valence-corrected chi connectivity index (χ2v) is 6.94. The number of rotatable bonds is 6. The van der Waals surface area contributed by atoms with Gasteiger partial charge in [-0.15, -0.1) is 0 Å². The van der Waals surface area contributed by atoms with E-state index in [4.69, 9.17) is 9.15 Å². The first-order valence-electron chi connectivity index (χ1n) is 9.52. The molecule has 0 saturated heterocycles. The van der Waals surface area contributed by atoms with E-state index < -0.39 is 0 Å². The molecular formula is C23H23N3O3. The first kappa shape index (κ1) is 18.8. The van der Waals surface area contributed by atoms with Gasteiger partial charge in [-0.25, -0.2) is 5.01 Å². The molecule has 2 aromatic carbocycles. The van der Waals surface area contributed by atoms with Crippen molar-refractivity contribution >= 4 is 17.3 Å². The van der Waals surface area contributed by atoms with Crippen LogP contribution in [0, 0.1) is 6.92 Å². The van der Waals surface area contributed by atoms with Crippen molar-refractivity contribution in [1.82, 2.24) is 5.01 Å². The SMILES string of the molecule is COc1ccccc1NCC(=O)N1N=C(c2ccc(C)cc2)C[C@@H]1c1ccco1. The molecule has 6 nitrogen and oxygen atoms in total. The third-order valence-corrected chi connectivity index (χ3v) is 4.96. The monoisotopic (exact) mass is 389 g/mol. The molecule has 29 heavy (non-hydrogen) atoms. The zero-order valence-electron chi connectivity index (χ0n) is 16.5. The Labute approximate surface area is 169 Å². The molecule has 0 unspecified atom stereocenters. The summed E-state index contributed by atoms with van der Waals surface area (Å²) in [6.07, 6.45) is 2.23. The topological polar surface area (TPSA) is 67.1 Å². The molecular weight excluding hydrogens is 366 g/mol. The van der Waals surface area contributed by atoms with E-state index in [0.29, 0.717) is 12.2 Å². The molecule has 1 aliphatic rings. The van der Waals surface area contributed by atoms with Gasteiger partial charge in [-0.05, 0) is 36.8 Å². The van der Waals surface area contributed by atoms with E-state index in [0.717, 1.165) is 22.7 Å². The number of aryl methyl sites for hydroxylation is 1. The van der Waals surface area contributed by atoms with Gasteiger partial charge in [-0.3, -0.25) is 4.79 Å². The molecule has 0 spiro atoms. The molecule has 0 fully saturated rings. The summed E-state index contributed by atoms with van der Waals surface area (Å²) in [6.45, 7) is 2.15. The normalized spacial score (nSPS) is 15.9. The van der Waals surface area contributed by atoms with Gasteiger partial charge < -0.3 is 14.5 Å². The predicted octanol–water partition coefficient (Wildman–Crippen LogP) is 4.39. The Morgan fingerprint density at radius 2 is 1.97 bits per heavy atom. The van der Waals surface area contributed by atoms with Crippen molar-refractivity contribution in [3.63, 3.8) is 0 Å². The molecule has 2 heterocycles. The predicted molar refractivity (Wildman–Crippen MR) is 112 cm³/mol. The number of ether oxygens (including phenoxy) is 1. The lowest BCUT2D eigenvalue weighted by Crippen LogP contribution is -2.32. The molecule has 6 heteroatoms. The molecule has 0 aliphatic carbocycles. The lowest BCUT2D eigenvalue weighted by molar-refractivity contribution is -0.131. The third-order valence-electron chi connectivity index (χ3n) is 4.96. The molecule has 3 aromatic rings. The van der Waals surface area contributed by atoms with Crippen LogP contribution < -0.4 is 10.1 Å². The van der Waals surface area contributed by atoms with Gasteiger partial charge in [-0.2, -0.15) is 5.10 Å². The fourth-order valence-electron chi connectivity index (χ4n) is 3.41. The zero-order chi connectivity index (χ0) is 20.2. The number of hydrogen-bond donors (Lipinski definition) is 1. The summed E-state index contributed by atoms with van der Waals surface area (Å²) in [6, 6.07) is 19.1. The van der Waals surface area contributed by atoms with E-state index in [1.54, 1.807) is 13.4 Å². The molecule has 0 bridgehead atoms. The Bertz CT molecular complexity index is 1010. The lowest BCUT2D eigenvalue weighted by Gasteiger charge is -2.20. The van der Waals surface area contributed by atoms with Gasteiger partial charge in [-0.1, -0.05) is 42.0 Å². The van der Waals surface area contributed by atoms with Crippen LogP contribution in [0.2, 0.25) is 0 Å². The average Bonchev–Trinajstić information content (AvgIpc) is 3.42. The highest BCUT2D eigenvalue weighted by Crippen LogP contribution is 2.33. The fourth-order valence-corrected chi connectivity index (χ4v) is 3.41. The number of carbonyl (C=O) groups excluding carboxylic acids is 1. The van der Waals surface area contributed by atoms with Crippen molar-refractivity contribution in [2.75, 3.05) is 19.0 Å². The molecule has 0 radical (unpaired) electrons. The number of amides is 1. The van der Waals surface area contributed by atoms with Gasteiger partial charge in [0.2, 0.25) is 0 Å². The van der Waals surface area contributed by atoms with Crippen LogP contribution in [0.15, 0.2) is 76.4 Å². The number of para-hydroxylation sites is 2. The summed E-state index contributed by atoms with van der Waals surface area (Å²) in [7, 11) is 1.61. The highest BCUT2D eigenvalue weighted by atomic mass is 16.5. The highest BCUT2D eigenvalue weighted by Gasteiger charge is 2.34. The number of nitrogens with one attached hydrogen (secondary N) is 1. The quantitative estimate of drug-likeness (QED) is 0.679. The standard InChI is InChI=1S/C23H23N3O3/c1-16-9-11-17(12-10-16)19-14-20(22-8-5-13-29-22)26(25-19)23(27)15-24-18-6-3-4-7-21(18)28-2/h3-13,20,24H,14-15H2,1-2H3/t20-/m1/s1. The maximum absolute atomic E-state index is 13.0. The van der Waals surface area contributed by atoms with Gasteiger partial charge in [0.05, 0.1) is 31.3 Å². The molecule has 1 aromatic heterocycles. The van der Waals surface area contributed by atoms with Gasteiger partial charge in [0.1, 0.15) is 17.6 Å². The zero-order valence-corrected chi connectivity index (χ0v) is 16.5. The van der Waals surface area contributed by atoms with E-state index in [-0.39, 0.29) is 18.5 Å². The van der Waals surface area contributed by atoms with Crippen LogP contribution in [0.3, 0.4) is 0 Å². The van der Waals surface area contributed by atoms with Crippen molar-refractivity contribution in [1.29, 1.82) is 0 Å². The van der Waals surface area contributed by atoms with Crippen LogP contribution in [0.4, 0.5) is 5.69 Å². The molecule has 1 atom stereocenters. The van der Waals surface area contributed by atoms with Gasteiger partial charge >= 0.3 is 0 Å². The van der Waals surface area contributed by atoms with E-state index in [9.17, 15) is 4.79 Å². The van der Waals surface area contributed by atoms with E-state index in [1.165, 1.54) is 10.6 Å². The Balaban J connectivity index is 1.55. The summed E-state index contributed by atoms with van der Waals surface area (Å²) >= 11 is 0. The molecule has 1 aliphatic heterocycles. The maximum atomic E-state index is 13.0. The minimum absolute atomic E-state index is 0.0995. The first-order chi connectivity index (χ1) is 14.2. The minimum atomic E-state index is -0.256. The number of furan rings is 1. The Morgan fingerprint density at radius 1 is 1.17 bits per heavy atom. The van der Waals surface area contributed by atoms with Crippen molar-refractivity contribution in [2.24, 2.45) is 5.10 Å². The first-order valence-corrected chi connectivity index (χ1v) is 9.52.